The summed E-state index contributed by atoms with van der Waals surface area (Å²) >= 11 is 5.92. The molecule has 0 radical (unpaired) electrons. The monoisotopic (exact) mass is 273 g/mol. The quantitative estimate of drug-likeness (QED) is 0.771. The smallest absolute Gasteiger partial charge is 0.231 e. The molecule has 96 valence electrons. The van der Waals surface area contributed by atoms with Crippen molar-refractivity contribution in [2.24, 2.45) is 4.99 Å². The fourth-order valence-corrected chi connectivity index (χ4v) is 2.13. The van der Waals surface area contributed by atoms with Crippen LogP contribution in [0, 0.1) is 6.92 Å². The van der Waals surface area contributed by atoms with Crippen molar-refractivity contribution in [3.63, 3.8) is 0 Å². The van der Waals surface area contributed by atoms with Gasteiger partial charge in [-0.2, -0.15) is 0 Å². The number of rotatable bonds is 2. The fraction of sp³-hybridized carbons (Fsp3) is 0.133. The summed E-state index contributed by atoms with van der Waals surface area (Å²) in [6.45, 7) is 2.27. The van der Waals surface area contributed by atoms with Crippen LogP contribution in [0.15, 0.2) is 41.4 Å². The number of fused-ring (bicyclic) bond motifs is 1. The zero-order valence-electron chi connectivity index (χ0n) is 10.4. The van der Waals surface area contributed by atoms with Crippen LogP contribution in [0.3, 0.4) is 0 Å². The molecular formula is C15H12ClNO2. The maximum absolute atomic E-state index is 5.92. The van der Waals surface area contributed by atoms with Crippen molar-refractivity contribution in [2.45, 2.75) is 6.92 Å². The van der Waals surface area contributed by atoms with E-state index in [1.165, 1.54) is 0 Å². The number of halogens is 1. The first-order valence-corrected chi connectivity index (χ1v) is 6.30. The lowest BCUT2D eigenvalue weighted by atomic mass is 10.2. The van der Waals surface area contributed by atoms with Crippen LogP contribution in [-0.2, 0) is 0 Å². The van der Waals surface area contributed by atoms with Gasteiger partial charge >= 0.3 is 0 Å². The van der Waals surface area contributed by atoms with Gasteiger partial charge in [0.1, 0.15) is 0 Å². The largest absolute Gasteiger partial charge is 0.454 e. The molecule has 3 rings (SSSR count). The number of benzene rings is 2. The first kappa shape index (κ1) is 12.1. The predicted octanol–water partition coefficient (Wildman–Crippen LogP) is 4.13. The third kappa shape index (κ3) is 2.56. The van der Waals surface area contributed by atoms with E-state index < -0.39 is 0 Å². The zero-order valence-corrected chi connectivity index (χ0v) is 11.1. The van der Waals surface area contributed by atoms with Gasteiger partial charge in [-0.25, -0.2) is 0 Å². The van der Waals surface area contributed by atoms with E-state index in [-0.39, 0.29) is 6.79 Å². The lowest BCUT2D eigenvalue weighted by molar-refractivity contribution is 0.174. The van der Waals surface area contributed by atoms with Crippen molar-refractivity contribution >= 4 is 23.5 Å². The molecule has 3 nitrogen and oxygen atoms in total. The van der Waals surface area contributed by atoms with E-state index in [9.17, 15) is 0 Å². The lowest BCUT2D eigenvalue weighted by Gasteiger charge is -2.01. The molecule has 0 bridgehead atoms. The van der Waals surface area contributed by atoms with Gasteiger partial charge in [0.2, 0.25) is 6.79 Å². The first-order chi connectivity index (χ1) is 9.22. The highest BCUT2D eigenvalue weighted by Crippen LogP contribution is 2.32. The third-order valence-corrected chi connectivity index (χ3v) is 3.14. The molecule has 19 heavy (non-hydrogen) atoms. The average Bonchev–Trinajstić information content (AvgIpc) is 2.85. The highest BCUT2D eigenvalue weighted by Gasteiger charge is 2.12. The molecule has 2 aromatic carbocycles. The van der Waals surface area contributed by atoms with Gasteiger partial charge in [0.15, 0.2) is 11.5 Å². The number of aryl methyl sites for hydroxylation is 1. The van der Waals surface area contributed by atoms with E-state index in [1.807, 2.05) is 43.3 Å². The van der Waals surface area contributed by atoms with Crippen LogP contribution in [0.1, 0.15) is 11.1 Å². The Bertz CT molecular complexity index is 653. The van der Waals surface area contributed by atoms with Gasteiger partial charge in [0, 0.05) is 11.2 Å². The minimum Gasteiger partial charge on any atom is -0.454 e. The van der Waals surface area contributed by atoms with Crippen LogP contribution < -0.4 is 9.47 Å². The molecule has 0 saturated carbocycles. The molecule has 4 heteroatoms. The molecule has 0 aliphatic carbocycles. The summed E-state index contributed by atoms with van der Waals surface area (Å²) < 4.78 is 10.6. The van der Waals surface area contributed by atoms with Crippen molar-refractivity contribution in [3.8, 4) is 11.5 Å². The summed E-state index contributed by atoms with van der Waals surface area (Å²) in [6, 6.07) is 11.4. The zero-order chi connectivity index (χ0) is 13.2. The van der Waals surface area contributed by atoms with Gasteiger partial charge in [0.05, 0.1) is 5.69 Å². The van der Waals surface area contributed by atoms with Crippen LogP contribution in [0.2, 0.25) is 5.02 Å². The van der Waals surface area contributed by atoms with Gasteiger partial charge < -0.3 is 9.47 Å². The Balaban J connectivity index is 1.86. The van der Waals surface area contributed by atoms with Crippen molar-refractivity contribution in [2.75, 3.05) is 6.79 Å². The van der Waals surface area contributed by atoms with Crippen molar-refractivity contribution in [1.82, 2.24) is 0 Å². The standard InChI is InChI=1S/C15H12ClNO2/c1-10-6-12(16)3-4-13(10)17-8-11-2-5-14-15(7-11)19-9-18-14/h2-8H,9H2,1H3. The average molecular weight is 274 g/mol. The fourth-order valence-electron chi connectivity index (χ4n) is 1.90. The summed E-state index contributed by atoms with van der Waals surface area (Å²) in [5, 5.41) is 0.722. The number of hydrogen-bond acceptors (Lipinski definition) is 3. The van der Waals surface area contributed by atoms with Crippen LogP contribution in [-0.4, -0.2) is 13.0 Å². The molecule has 0 amide bonds. The van der Waals surface area contributed by atoms with E-state index in [0.717, 1.165) is 33.3 Å². The topological polar surface area (TPSA) is 30.8 Å². The molecule has 0 spiro atoms. The molecule has 0 unspecified atom stereocenters. The minimum absolute atomic E-state index is 0.284. The molecule has 0 saturated heterocycles. The summed E-state index contributed by atoms with van der Waals surface area (Å²) in [6.07, 6.45) is 1.80. The van der Waals surface area contributed by atoms with E-state index in [0.29, 0.717) is 0 Å². The number of aliphatic imine (C=N–C) groups is 1. The molecule has 0 aromatic heterocycles. The predicted molar refractivity (Wildman–Crippen MR) is 76.0 cm³/mol. The summed E-state index contributed by atoms with van der Waals surface area (Å²) in [5.41, 5.74) is 2.92. The molecule has 0 N–H and O–H groups in total. The normalized spacial score (nSPS) is 13.2. The minimum atomic E-state index is 0.284. The first-order valence-electron chi connectivity index (χ1n) is 5.92. The molecule has 1 aliphatic rings. The van der Waals surface area contributed by atoms with Crippen LogP contribution in [0.4, 0.5) is 5.69 Å². The third-order valence-electron chi connectivity index (χ3n) is 2.91. The Morgan fingerprint density at radius 2 is 1.95 bits per heavy atom. The van der Waals surface area contributed by atoms with Crippen LogP contribution in [0.5, 0.6) is 11.5 Å². The Kier molecular flexibility index (Phi) is 3.13. The highest BCUT2D eigenvalue weighted by molar-refractivity contribution is 6.30. The van der Waals surface area contributed by atoms with Crippen LogP contribution in [0.25, 0.3) is 0 Å². The lowest BCUT2D eigenvalue weighted by Crippen LogP contribution is -1.92. The van der Waals surface area contributed by atoms with Gasteiger partial charge in [0.25, 0.3) is 0 Å². The molecule has 0 fully saturated rings. The highest BCUT2D eigenvalue weighted by atomic mass is 35.5. The Morgan fingerprint density at radius 1 is 1.11 bits per heavy atom. The molecule has 0 atom stereocenters. The second kappa shape index (κ2) is 4.94. The maximum atomic E-state index is 5.92. The maximum Gasteiger partial charge on any atom is 0.231 e. The summed E-state index contributed by atoms with van der Waals surface area (Å²) in [5.74, 6) is 1.54. The van der Waals surface area contributed by atoms with E-state index >= 15 is 0 Å². The SMILES string of the molecule is Cc1cc(Cl)ccc1N=Cc1ccc2c(c1)OCO2. The molecule has 1 heterocycles. The second-order valence-electron chi connectivity index (χ2n) is 4.30. The van der Waals surface area contributed by atoms with Gasteiger partial charge in [-0.05, 0) is 54.4 Å². The number of hydrogen-bond donors (Lipinski definition) is 0. The summed E-state index contributed by atoms with van der Waals surface area (Å²) in [4.78, 5) is 4.46. The molecular weight excluding hydrogens is 262 g/mol. The molecule has 1 aliphatic heterocycles. The van der Waals surface area contributed by atoms with E-state index in [2.05, 4.69) is 4.99 Å². The second-order valence-corrected chi connectivity index (χ2v) is 4.74. The van der Waals surface area contributed by atoms with Crippen molar-refractivity contribution in [1.29, 1.82) is 0 Å². The van der Waals surface area contributed by atoms with Gasteiger partial charge in [-0.3, -0.25) is 4.99 Å². The summed E-state index contributed by atoms with van der Waals surface area (Å²) in [7, 11) is 0. The molecule has 2 aromatic rings. The van der Waals surface area contributed by atoms with E-state index in [4.69, 9.17) is 21.1 Å². The number of ether oxygens (including phenoxy) is 2. The van der Waals surface area contributed by atoms with Crippen molar-refractivity contribution < 1.29 is 9.47 Å². The van der Waals surface area contributed by atoms with Gasteiger partial charge in [-0.1, -0.05) is 11.6 Å². The van der Waals surface area contributed by atoms with Crippen molar-refractivity contribution in [3.05, 3.63) is 52.5 Å². The van der Waals surface area contributed by atoms with Crippen LogP contribution >= 0.6 is 11.6 Å². The number of nitrogens with zero attached hydrogens (tertiary/aromatic N) is 1. The van der Waals surface area contributed by atoms with E-state index in [1.54, 1.807) is 6.21 Å². The Hall–Kier alpha value is -2.00. The van der Waals surface area contributed by atoms with Gasteiger partial charge in [-0.15, -0.1) is 0 Å². The Labute approximate surface area is 116 Å². The Morgan fingerprint density at radius 3 is 2.79 bits per heavy atom.